The van der Waals surface area contributed by atoms with Crippen LogP contribution in [0, 0.1) is 0 Å². The van der Waals surface area contributed by atoms with Gasteiger partial charge in [-0.15, -0.1) is 0 Å². The van der Waals surface area contributed by atoms with Crippen molar-refractivity contribution < 1.29 is 14.6 Å². The van der Waals surface area contributed by atoms with Gasteiger partial charge in [-0.25, -0.2) is 0 Å². The van der Waals surface area contributed by atoms with E-state index in [9.17, 15) is 9.90 Å². The van der Waals surface area contributed by atoms with Crippen LogP contribution in [0.1, 0.15) is 25.3 Å². The number of halogens is 1. The molecule has 1 saturated heterocycles. The zero-order chi connectivity index (χ0) is 15.3. The van der Waals surface area contributed by atoms with E-state index in [2.05, 4.69) is 5.32 Å². The van der Waals surface area contributed by atoms with Crippen molar-refractivity contribution in [3.63, 3.8) is 0 Å². The fourth-order valence-corrected chi connectivity index (χ4v) is 2.39. The Morgan fingerprint density at radius 1 is 1.43 bits per heavy atom. The molecule has 0 saturated carbocycles. The molecule has 2 rings (SSSR count). The van der Waals surface area contributed by atoms with Gasteiger partial charge in [0.2, 0.25) is 5.91 Å². The Balaban J connectivity index is 1.95. The van der Waals surface area contributed by atoms with Gasteiger partial charge in [0, 0.05) is 43.2 Å². The normalized spacial score (nSPS) is 18.3. The summed E-state index contributed by atoms with van der Waals surface area (Å²) in [4.78, 5) is 12.1. The molecule has 1 aromatic carbocycles. The summed E-state index contributed by atoms with van der Waals surface area (Å²) in [5, 5.41) is 13.7. The average molecular weight is 310 g/mol. The van der Waals surface area contributed by atoms with E-state index < -0.39 is 5.60 Å². The van der Waals surface area contributed by atoms with Gasteiger partial charge in [-0.05, 0) is 24.6 Å². The van der Waals surface area contributed by atoms with Gasteiger partial charge in [0.1, 0.15) is 0 Å². The van der Waals surface area contributed by atoms with Crippen LogP contribution in [0.4, 0.5) is 0 Å². The molecule has 1 heterocycles. The van der Waals surface area contributed by atoms with Gasteiger partial charge in [0.05, 0.1) is 5.60 Å². The van der Waals surface area contributed by atoms with Crippen molar-refractivity contribution in [2.75, 3.05) is 19.8 Å². The van der Waals surface area contributed by atoms with E-state index in [1.165, 1.54) is 0 Å². The number of rotatable bonds is 4. The first-order valence-corrected chi connectivity index (χ1v) is 7.39. The minimum Gasteiger partial charge on any atom is -0.388 e. The molecule has 4 nitrogen and oxygen atoms in total. The molecule has 1 aliphatic heterocycles. The summed E-state index contributed by atoms with van der Waals surface area (Å²) in [6, 6.07) is 7.35. The number of amides is 1. The Morgan fingerprint density at radius 3 is 2.76 bits per heavy atom. The molecule has 21 heavy (non-hydrogen) atoms. The molecule has 0 bridgehead atoms. The summed E-state index contributed by atoms with van der Waals surface area (Å²) in [6.45, 7) is 3.03. The van der Waals surface area contributed by atoms with Crippen molar-refractivity contribution >= 4 is 23.6 Å². The van der Waals surface area contributed by atoms with E-state index in [0.29, 0.717) is 36.7 Å². The van der Waals surface area contributed by atoms with Crippen molar-refractivity contribution in [2.24, 2.45) is 0 Å². The highest BCUT2D eigenvalue weighted by Crippen LogP contribution is 2.20. The lowest BCUT2D eigenvalue weighted by molar-refractivity contribution is -0.120. The highest BCUT2D eigenvalue weighted by atomic mass is 35.5. The molecule has 0 radical (unpaired) electrons. The number of benzene rings is 1. The maximum Gasteiger partial charge on any atom is 0.247 e. The first-order valence-electron chi connectivity index (χ1n) is 7.01. The quantitative estimate of drug-likeness (QED) is 0.840. The van der Waals surface area contributed by atoms with Gasteiger partial charge < -0.3 is 15.2 Å². The van der Waals surface area contributed by atoms with Crippen LogP contribution in [0.5, 0.6) is 0 Å². The van der Waals surface area contributed by atoms with E-state index in [1.807, 2.05) is 18.2 Å². The van der Waals surface area contributed by atoms with E-state index >= 15 is 0 Å². The number of carbonyl (C=O) groups is 1. The van der Waals surface area contributed by atoms with Gasteiger partial charge in [0.15, 0.2) is 0 Å². The lowest BCUT2D eigenvalue weighted by Gasteiger charge is -2.32. The summed E-state index contributed by atoms with van der Waals surface area (Å²) in [6.07, 6.45) is 2.83. The standard InChI is InChI=1S/C16H20ClNO3/c1-12(10-13-4-2-3-5-14(13)17)15(19)18-11-16(20)6-8-21-9-7-16/h2-5,10,20H,6-9,11H2,1H3,(H,18,19)/b12-10-. The number of hydrogen-bond donors (Lipinski definition) is 2. The summed E-state index contributed by atoms with van der Waals surface area (Å²) >= 11 is 6.06. The molecule has 0 unspecified atom stereocenters. The highest BCUT2D eigenvalue weighted by molar-refractivity contribution is 6.32. The minimum atomic E-state index is -0.863. The molecule has 5 heteroatoms. The molecule has 0 atom stereocenters. The second-order valence-electron chi connectivity index (χ2n) is 5.37. The van der Waals surface area contributed by atoms with E-state index in [4.69, 9.17) is 16.3 Å². The number of aliphatic hydroxyl groups is 1. The zero-order valence-electron chi connectivity index (χ0n) is 12.1. The number of nitrogens with one attached hydrogen (secondary N) is 1. The Kier molecular flexibility index (Phi) is 5.39. The fourth-order valence-electron chi connectivity index (χ4n) is 2.20. The maximum absolute atomic E-state index is 12.1. The smallest absolute Gasteiger partial charge is 0.247 e. The third-order valence-corrected chi connectivity index (χ3v) is 3.98. The topological polar surface area (TPSA) is 58.6 Å². The summed E-state index contributed by atoms with van der Waals surface area (Å²) < 4.78 is 5.21. The Morgan fingerprint density at radius 2 is 2.10 bits per heavy atom. The first-order chi connectivity index (χ1) is 10.0. The van der Waals surface area contributed by atoms with Crippen LogP contribution < -0.4 is 5.32 Å². The molecule has 1 aromatic rings. The second-order valence-corrected chi connectivity index (χ2v) is 5.78. The minimum absolute atomic E-state index is 0.199. The SMILES string of the molecule is C/C(=C/c1ccccc1Cl)C(=O)NCC1(O)CCOCC1. The second kappa shape index (κ2) is 7.07. The molecule has 1 amide bonds. The molecule has 1 aliphatic rings. The monoisotopic (exact) mass is 309 g/mol. The fraction of sp³-hybridized carbons (Fsp3) is 0.438. The van der Waals surface area contributed by atoms with Gasteiger partial charge in [-0.2, -0.15) is 0 Å². The zero-order valence-corrected chi connectivity index (χ0v) is 12.8. The summed E-state index contributed by atoms with van der Waals surface area (Å²) in [5.41, 5.74) is 0.494. The Bertz CT molecular complexity index is 536. The van der Waals surface area contributed by atoms with Crippen molar-refractivity contribution in [1.29, 1.82) is 0 Å². The van der Waals surface area contributed by atoms with Crippen LogP contribution in [-0.4, -0.2) is 36.4 Å². The summed E-state index contributed by atoms with van der Waals surface area (Å²) in [7, 11) is 0. The molecule has 0 spiro atoms. The molecule has 0 aliphatic carbocycles. The van der Waals surface area contributed by atoms with Gasteiger partial charge >= 0.3 is 0 Å². The molecule has 1 fully saturated rings. The first kappa shape index (κ1) is 16.0. The van der Waals surface area contributed by atoms with Crippen molar-refractivity contribution in [1.82, 2.24) is 5.32 Å². The van der Waals surface area contributed by atoms with Crippen molar-refractivity contribution in [2.45, 2.75) is 25.4 Å². The molecule has 0 aromatic heterocycles. The number of ether oxygens (including phenoxy) is 1. The van der Waals surface area contributed by atoms with Crippen LogP contribution in [0.2, 0.25) is 5.02 Å². The predicted octanol–water partition coefficient (Wildman–Crippen LogP) is 2.40. The van der Waals surface area contributed by atoms with Crippen molar-refractivity contribution in [3.05, 3.63) is 40.4 Å². The van der Waals surface area contributed by atoms with Crippen LogP contribution in [0.25, 0.3) is 6.08 Å². The van der Waals surface area contributed by atoms with Crippen LogP contribution in [-0.2, 0) is 9.53 Å². The number of carbonyl (C=O) groups excluding carboxylic acids is 1. The molecule has 114 valence electrons. The third kappa shape index (κ3) is 4.56. The van der Waals surface area contributed by atoms with Gasteiger partial charge in [-0.3, -0.25) is 4.79 Å². The summed E-state index contributed by atoms with van der Waals surface area (Å²) in [5.74, 6) is -0.199. The van der Waals surface area contributed by atoms with E-state index in [-0.39, 0.29) is 12.5 Å². The van der Waals surface area contributed by atoms with Crippen molar-refractivity contribution in [3.8, 4) is 0 Å². The molecular formula is C16H20ClNO3. The average Bonchev–Trinajstić information content (AvgIpc) is 2.48. The molecular weight excluding hydrogens is 290 g/mol. The van der Waals surface area contributed by atoms with Crippen LogP contribution in [0.3, 0.4) is 0 Å². The Labute approximate surface area is 129 Å². The Hall–Kier alpha value is -1.36. The van der Waals surface area contributed by atoms with E-state index in [0.717, 1.165) is 5.56 Å². The van der Waals surface area contributed by atoms with E-state index in [1.54, 1.807) is 19.1 Å². The third-order valence-electron chi connectivity index (χ3n) is 3.64. The predicted molar refractivity (Wildman–Crippen MR) is 83.1 cm³/mol. The maximum atomic E-state index is 12.1. The molecule has 2 N–H and O–H groups in total. The van der Waals surface area contributed by atoms with Gasteiger partial charge in [-0.1, -0.05) is 29.8 Å². The number of hydrogen-bond acceptors (Lipinski definition) is 3. The van der Waals surface area contributed by atoms with Gasteiger partial charge in [0.25, 0.3) is 0 Å². The largest absolute Gasteiger partial charge is 0.388 e. The highest BCUT2D eigenvalue weighted by Gasteiger charge is 2.30. The van der Waals surface area contributed by atoms with Crippen LogP contribution in [0.15, 0.2) is 29.8 Å². The lowest BCUT2D eigenvalue weighted by Crippen LogP contribution is -2.46. The van der Waals surface area contributed by atoms with Crippen LogP contribution >= 0.6 is 11.6 Å². The lowest BCUT2D eigenvalue weighted by atomic mass is 9.94.